The van der Waals surface area contributed by atoms with E-state index in [1.54, 1.807) is 0 Å². The minimum Gasteiger partial charge on any atom is -0.486 e. The second-order valence-electron chi connectivity index (χ2n) is 22.1. The van der Waals surface area contributed by atoms with E-state index in [1.165, 1.54) is 5.56 Å². The zero-order chi connectivity index (χ0) is 67.9. The Morgan fingerprint density at radius 2 is 0.667 bits per heavy atom. The van der Waals surface area contributed by atoms with Crippen LogP contribution in [-0.4, -0.2) is 230 Å². The minimum atomic E-state index is -1.05. The highest BCUT2D eigenvalue weighted by molar-refractivity contribution is 5.92. The van der Waals surface area contributed by atoms with Crippen LogP contribution in [0, 0.1) is 0 Å². The fourth-order valence-corrected chi connectivity index (χ4v) is 8.64. The Hall–Kier alpha value is -5.42. The number of amides is 7. The molecule has 0 bridgehead atoms. The van der Waals surface area contributed by atoms with Crippen molar-refractivity contribution in [2.75, 3.05) is 165 Å². The molecule has 0 aromatic heterocycles. The van der Waals surface area contributed by atoms with Crippen molar-refractivity contribution in [3.8, 4) is 5.75 Å². The average molecular weight is 1330 g/mol. The smallest absolute Gasteiger partial charge is 0.243 e. The van der Waals surface area contributed by atoms with E-state index >= 15 is 0 Å². The molecule has 0 saturated heterocycles. The number of hydrogen-bond donors (Lipinski definition) is 7. The Balaban J connectivity index is 3.03. The standard InChI is InChI=1S/C67H119N7O19/c1-6-34-83-44-49-88-39-26-61(76)68-30-14-11-19-58(72-63(78)28-41-90-51-46-85-36-8-3)65(80)70-32-16-13-20-59(66(81)71-33-43-92-53-48-87-38-17-18-56(75)54-93-57-24-22-55(10-5)23-25-57)74-67(82)60(73-64(79)29-42-91-52-47-86-37-9-4)21-12-15-31-69-62(77)27-40-89-50-45-84-35-7-2/h22-25,58-60H,6-21,26-54H2,1-5H3,(H,68,76)(H,69,77)(H,70,80)(H,71,81)(H,72,78)(H,73,79)(H,74,82). The summed E-state index contributed by atoms with van der Waals surface area (Å²) in [5.74, 6) is -1.97. The molecule has 26 nitrogen and oxygen atoms in total. The summed E-state index contributed by atoms with van der Waals surface area (Å²) < 4.78 is 60.8. The van der Waals surface area contributed by atoms with Gasteiger partial charge in [-0.2, -0.15) is 0 Å². The van der Waals surface area contributed by atoms with Gasteiger partial charge in [0.2, 0.25) is 41.4 Å². The molecule has 7 N–H and O–H groups in total. The highest BCUT2D eigenvalue weighted by atomic mass is 16.5. The van der Waals surface area contributed by atoms with Gasteiger partial charge in [0, 0.05) is 91.3 Å². The molecule has 0 spiro atoms. The Kier molecular flexibility index (Phi) is 57.7. The Morgan fingerprint density at radius 1 is 0.323 bits per heavy atom. The van der Waals surface area contributed by atoms with Crippen LogP contribution >= 0.6 is 0 Å². The quantitative estimate of drug-likeness (QED) is 0.0432. The SMILES string of the molecule is CCCOCCOCCC(=O)NCCCCC(NC(=O)CCOCCOCCC)C(=O)NCCCCC(NC(=O)C(CCCCNC(=O)CCOCCOCCC)NC(=O)CCOCCOCCC)C(=O)NCCOCCOCCCC(=O)COc1ccc(CC)cc1. The average Bonchev–Trinajstić information content (AvgIpc) is 3.73. The van der Waals surface area contributed by atoms with Crippen LogP contribution in [0.5, 0.6) is 5.75 Å². The van der Waals surface area contributed by atoms with E-state index in [1.807, 2.05) is 52.0 Å². The topological polar surface area (TPSA) is 322 Å². The molecular weight excluding hydrogens is 1210 g/mol. The van der Waals surface area contributed by atoms with Gasteiger partial charge in [0.25, 0.3) is 0 Å². The summed E-state index contributed by atoms with van der Waals surface area (Å²) in [7, 11) is 0. The molecule has 26 heteroatoms. The summed E-state index contributed by atoms with van der Waals surface area (Å²) in [6, 6.07) is 4.70. The number of Topliss-reactive ketones (excluding diaryl/α,β-unsaturated/α-hetero) is 1. The van der Waals surface area contributed by atoms with Crippen LogP contribution in [0.15, 0.2) is 24.3 Å². The Bertz CT molecular complexity index is 2060. The lowest BCUT2D eigenvalue weighted by Crippen LogP contribution is -2.54. The third-order valence-corrected chi connectivity index (χ3v) is 13.8. The third kappa shape index (κ3) is 52.5. The van der Waals surface area contributed by atoms with Gasteiger partial charge in [-0.3, -0.25) is 38.4 Å². The Morgan fingerprint density at radius 3 is 1.08 bits per heavy atom. The number of carbonyl (C=O) groups is 8. The van der Waals surface area contributed by atoms with Crippen LogP contribution in [0.2, 0.25) is 0 Å². The van der Waals surface area contributed by atoms with Crippen molar-refractivity contribution in [1.82, 2.24) is 37.2 Å². The second-order valence-corrected chi connectivity index (χ2v) is 22.1. The normalized spacial score (nSPS) is 12.1. The molecular formula is C67H119N7O19. The maximum atomic E-state index is 14.2. The molecule has 0 saturated carbocycles. The largest absolute Gasteiger partial charge is 0.486 e. The lowest BCUT2D eigenvalue weighted by Gasteiger charge is -2.24. The number of ether oxygens (including phenoxy) is 11. The highest BCUT2D eigenvalue weighted by Gasteiger charge is 2.27. The molecule has 93 heavy (non-hydrogen) atoms. The predicted molar refractivity (Wildman–Crippen MR) is 353 cm³/mol. The highest BCUT2D eigenvalue weighted by Crippen LogP contribution is 2.13. The molecule has 3 unspecified atom stereocenters. The van der Waals surface area contributed by atoms with Gasteiger partial charge in [-0.15, -0.1) is 0 Å². The first-order chi connectivity index (χ1) is 45.4. The minimum absolute atomic E-state index is 0.0144. The lowest BCUT2D eigenvalue weighted by molar-refractivity contribution is -0.132. The molecule has 0 aliphatic carbocycles. The molecule has 0 fully saturated rings. The number of aryl methyl sites for hydroxylation is 1. The maximum Gasteiger partial charge on any atom is 0.243 e. The van der Waals surface area contributed by atoms with E-state index in [-0.39, 0.29) is 128 Å². The van der Waals surface area contributed by atoms with Crippen LogP contribution in [-0.2, 0) is 92.1 Å². The lowest BCUT2D eigenvalue weighted by atomic mass is 10.0. The fraction of sp³-hybridized carbons (Fsp3) is 0.791. The molecule has 1 rings (SSSR count). The molecule has 0 heterocycles. The van der Waals surface area contributed by atoms with E-state index in [4.69, 9.17) is 52.1 Å². The van der Waals surface area contributed by atoms with Gasteiger partial charge in [0.1, 0.15) is 30.5 Å². The van der Waals surface area contributed by atoms with E-state index < -0.39 is 41.8 Å². The molecule has 1 aromatic carbocycles. The molecule has 0 aliphatic heterocycles. The van der Waals surface area contributed by atoms with Crippen molar-refractivity contribution in [3.63, 3.8) is 0 Å². The van der Waals surface area contributed by atoms with Crippen LogP contribution in [0.1, 0.15) is 162 Å². The van der Waals surface area contributed by atoms with Crippen molar-refractivity contribution < 1.29 is 90.5 Å². The van der Waals surface area contributed by atoms with Crippen LogP contribution in [0.4, 0.5) is 0 Å². The fourth-order valence-electron chi connectivity index (χ4n) is 8.64. The number of hydrogen-bond acceptors (Lipinski definition) is 19. The Labute approximate surface area is 554 Å². The summed E-state index contributed by atoms with van der Waals surface area (Å²) in [6.07, 6.45) is 9.18. The van der Waals surface area contributed by atoms with E-state index in [0.717, 1.165) is 32.1 Å². The first-order valence-corrected chi connectivity index (χ1v) is 34.4. The summed E-state index contributed by atoms with van der Waals surface area (Å²) in [5.41, 5.74) is 1.19. The van der Waals surface area contributed by atoms with Crippen molar-refractivity contribution >= 4 is 47.1 Å². The molecule has 536 valence electrons. The first-order valence-electron chi connectivity index (χ1n) is 34.4. The predicted octanol–water partition coefficient (Wildman–Crippen LogP) is 4.77. The number of carbonyl (C=O) groups excluding carboxylic acids is 8. The zero-order valence-corrected chi connectivity index (χ0v) is 57.1. The third-order valence-electron chi connectivity index (χ3n) is 13.8. The molecule has 0 aliphatic rings. The van der Waals surface area contributed by atoms with Crippen LogP contribution in [0.25, 0.3) is 0 Å². The summed E-state index contributed by atoms with van der Waals surface area (Å²) >= 11 is 0. The number of benzene rings is 1. The second kappa shape index (κ2) is 62.7. The summed E-state index contributed by atoms with van der Waals surface area (Å²) in [4.78, 5) is 106. The number of ketones is 1. The maximum absolute atomic E-state index is 14.2. The van der Waals surface area contributed by atoms with Crippen molar-refractivity contribution in [2.24, 2.45) is 0 Å². The number of rotatable bonds is 67. The van der Waals surface area contributed by atoms with Crippen LogP contribution in [0.3, 0.4) is 0 Å². The van der Waals surface area contributed by atoms with Crippen molar-refractivity contribution in [1.29, 1.82) is 0 Å². The van der Waals surface area contributed by atoms with E-state index in [0.29, 0.717) is 163 Å². The van der Waals surface area contributed by atoms with Crippen molar-refractivity contribution in [2.45, 2.75) is 181 Å². The van der Waals surface area contributed by atoms with Gasteiger partial charge in [0.15, 0.2) is 5.78 Å². The van der Waals surface area contributed by atoms with E-state index in [9.17, 15) is 38.4 Å². The van der Waals surface area contributed by atoms with Crippen LogP contribution < -0.4 is 42.0 Å². The molecule has 7 amide bonds. The monoisotopic (exact) mass is 1330 g/mol. The molecule has 3 atom stereocenters. The van der Waals surface area contributed by atoms with Gasteiger partial charge in [-0.1, -0.05) is 46.8 Å². The van der Waals surface area contributed by atoms with E-state index in [2.05, 4.69) is 44.1 Å². The zero-order valence-electron chi connectivity index (χ0n) is 57.1. The van der Waals surface area contributed by atoms with Crippen molar-refractivity contribution in [3.05, 3.63) is 29.8 Å². The van der Waals surface area contributed by atoms with Gasteiger partial charge in [-0.05, 0) is 114 Å². The number of unbranched alkanes of at least 4 members (excludes halogenated alkanes) is 3. The number of nitrogens with one attached hydrogen (secondary N) is 7. The first kappa shape index (κ1) is 85.6. The van der Waals surface area contributed by atoms with Gasteiger partial charge in [-0.25, -0.2) is 0 Å². The van der Waals surface area contributed by atoms with Gasteiger partial charge < -0.3 is 89.3 Å². The van der Waals surface area contributed by atoms with Gasteiger partial charge in [0.05, 0.1) is 99.1 Å². The molecule has 1 aromatic rings. The molecule has 0 radical (unpaired) electrons. The summed E-state index contributed by atoms with van der Waals surface area (Å²) in [5, 5.41) is 20.1. The summed E-state index contributed by atoms with van der Waals surface area (Å²) in [6.45, 7) is 18.6. The van der Waals surface area contributed by atoms with Gasteiger partial charge >= 0.3 is 0 Å².